The molecule has 0 heterocycles. The van der Waals surface area contributed by atoms with E-state index in [0.717, 1.165) is 20.6 Å². The molecule has 0 radical (unpaired) electrons. The van der Waals surface area contributed by atoms with E-state index in [2.05, 4.69) is 15.9 Å². The zero-order chi connectivity index (χ0) is 14.5. The van der Waals surface area contributed by atoms with E-state index < -0.39 is 0 Å². The van der Waals surface area contributed by atoms with Gasteiger partial charge in [0.15, 0.2) is 0 Å². The van der Waals surface area contributed by atoms with Crippen molar-refractivity contribution in [1.82, 2.24) is 0 Å². The Labute approximate surface area is 133 Å². The van der Waals surface area contributed by atoms with Gasteiger partial charge in [0.2, 0.25) is 0 Å². The molecule has 0 aliphatic carbocycles. The third kappa shape index (κ3) is 4.06. The van der Waals surface area contributed by atoms with Crippen LogP contribution in [0.3, 0.4) is 0 Å². The highest BCUT2D eigenvalue weighted by Crippen LogP contribution is 2.28. The third-order valence-electron chi connectivity index (χ3n) is 3.03. The van der Waals surface area contributed by atoms with Gasteiger partial charge in [-0.25, -0.2) is 0 Å². The van der Waals surface area contributed by atoms with E-state index in [1.807, 2.05) is 55.5 Å². The molecule has 0 bridgehead atoms. The summed E-state index contributed by atoms with van der Waals surface area (Å²) in [5.74, 6) is 0. The predicted octanol–water partition coefficient (Wildman–Crippen LogP) is 4.71. The van der Waals surface area contributed by atoms with Gasteiger partial charge >= 0.3 is 0 Å². The molecule has 2 aromatic rings. The van der Waals surface area contributed by atoms with Gasteiger partial charge in [-0.1, -0.05) is 57.9 Å². The number of rotatable bonds is 5. The maximum Gasteiger partial charge on any atom is 0.0988 e. The fraction of sp³-hybridized carbons (Fsp3) is 0.250. The van der Waals surface area contributed by atoms with Gasteiger partial charge < -0.3 is 10.5 Å². The van der Waals surface area contributed by atoms with Crippen molar-refractivity contribution in [1.29, 1.82) is 0 Å². The maximum atomic E-state index is 6.06. The largest absolute Gasteiger partial charge is 0.367 e. The Morgan fingerprint density at radius 2 is 1.80 bits per heavy atom. The molecule has 2 nitrogen and oxygen atoms in total. The van der Waals surface area contributed by atoms with Crippen LogP contribution in [0.5, 0.6) is 0 Å². The summed E-state index contributed by atoms with van der Waals surface area (Å²) in [4.78, 5) is 0. The van der Waals surface area contributed by atoms with Gasteiger partial charge in [0.25, 0.3) is 0 Å². The van der Waals surface area contributed by atoms with Crippen LogP contribution in [0.4, 0.5) is 0 Å². The zero-order valence-corrected chi connectivity index (χ0v) is 13.6. The number of hydrogen-bond donors (Lipinski definition) is 1. The summed E-state index contributed by atoms with van der Waals surface area (Å²) in [7, 11) is 0. The SMILES string of the molecule is CC(N)C(OCc1ccc(Cl)cc1)c1ccccc1Br. The topological polar surface area (TPSA) is 35.2 Å². The van der Waals surface area contributed by atoms with Gasteiger partial charge in [0, 0.05) is 15.5 Å². The van der Waals surface area contributed by atoms with Gasteiger partial charge in [0.05, 0.1) is 12.7 Å². The lowest BCUT2D eigenvalue weighted by Gasteiger charge is -2.23. The van der Waals surface area contributed by atoms with Crippen LogP contribution in [0.15, 0.2) is 53.0 Å². The summed E-state index contributed by atoms with van der Waals surface area (Å²) in [5.41, 5.74) is 8.20. The van der Waals surface area contributed by atoms with Crippen molar-refractivity contribution in [3.05, 3.63) is 69.2 Å². The Hall–Kier alpha value is -0.870. The minimum absolute atomic E-state index is 0.0963. The number of halogens is 2. The minimum atomic E-state index is -0.152. The summed E-state index contributed by atoms with van der Waals surface area (Å²) in [6.45, 7) is 2.46. The molecule has 0 saturated carbocycles. The van der Waals surface area contributed by atoms with Crippen LogP contribution in [0.2, 0.25) is 5.02 Å². The van der Waals surface area contributed by atoms with Crippen molar-refractivity contribution in [2.75, 3.05) is 0 Å². The first-order chi connectivity index (χ1) is 9.58. The van der Waals surface area contributed by atoms with Crippen molar-refractivity contribution >= 4 is 27.5 Å². The quantitative estimate of drug-likeness (QED) is 0.844. The molecule has 2 rings (SSSR count). The molecule has 0 aromatic heterocycles. The van der Waals surface area contributed by atoms with E-state index in [1.165, 1.54) is 0 Å². The summed E-state index contributed by atoms with van der Waals surface area (Å²) >= 11 is 9.42. The zero-order valence-electron chi connectivity index (χ0n) is 11.2. The average Bonchev–Trinajstić information content (AvgIpc) is 2.42. The maximum absolute atomic E-state index is 6.06. The molecule has 106 valence electrons. The second-order valence-corrected chi connectivity index (χ2v) is 6.03. The highest BCUT2D eigenvalue weighted by molar-refractivity contribution is 9.10. The molecule has 0 aliphatic heterocycles. The fourth-order valence-electron chi connectivity index (χ4n) is 2.00. The van der Waals surface area contributed by atoms with E-state index in [0.29, 0.717) is 6.61 Å². The highest BCUT2D eigenvalue weighted by Gasteiger charge is 2.19. The molecule has 0 amide bonds. The Morgan fingerprint density at radius 3 is 2.40 bits per heavy atom. The first-order valence-electron chi connectivity index (χ1n) is 6.44. The molecule has 0 fully saturated rings. The first kappa shape index (κ1) is 15.5. The van der Waals surface area contributed by atoms with Crippen LogP contribution in [-0.2, 0) is 11.3 Å². The van der Waals surface area contributed by atoms with E-state index >= 15 is 0 Å². The van der Waals surface area contributed by atoms with Gasteiger partial charge in [-0.05, 0) is 36.2 Å². The Morgan fingerprint density at radius 1 is 1.15 bits per heavy atom. The molecular weight excluding hydrogens is 338 g/mol. The summed E-state index contributed by atoms with van der Waals surface area (Å²) in [6, 6.07) is 15.5. The lowest BCUT2D eigenvalue weighted by Crippen LogP contribution is -2.27. The van der Waals surface area contributed by atoms with Crippen molar-refractivity contribution in [2.24, 2.45) is 5.73 Å². The highest BCUT2D eigenvalue weighted by atomic mass is 79.9. The summed E-state index contributed by atoms with van der Waals surface area (Å²) in [5, 5.41) is 0.725. The second-order valence-electron chi connectivity index (χ2n) is 4.74. The van der Waals surface area contributed by atoms with Crippen LogP contribution in [0.1, 0.15) is 24.2 Å². The standard InChI is InChI=1S/C16H17BrClNO/c1-11(19)16(14-4-2-3-5-15(14)17)20-10-12-6-8-13(18)9-7-12/h2-9,11,16H,10,19H2,1H3. The van der Waals surface area contributed by atoms with Crippen molar-refractivity contribution in [2.45, 2.75) is 25.7 Å². The van der Waals surface area contributed by atoms with E-state index in [1.54, 1.807) is 0 Å². The minimum Gasteiger partial charge on any atom is -0.367 e. The average molecular weight is 355 g/mol. The molecule has 0 saturated heterocycles. The molecule has 0 aliphatic rings. The smallest absolute Gasteiger partial charge is 0.0988 e. The van der Waals surface area contributed by atoms with E-state index in [4.69, 9.17) is 22.1 Å². The molecular formula is C16H17BrClNO. The molecule has 2 atom stereocenters. The Kier molecular flexibility index (Phi) is 5.61. The number of nitrogens with two attached hydrogens (primary N) is 1. The molecule has 2 unspecified atom stereocenters. The van der Waals surface area contributed by atoms with Gasteiger partial charge in [-0.15, -0.1) is 0 Å². The molecule has 20 heavy (non-hydrogen) atoms. The van der Waals surface area contributed by atoms with E-state index in [9.17, 15) is 0 Å². The third-order valence-corrected chi connectivity index (χ3v) is 4.01. The summed E-state index contributed by atoms with van der Waals surface area (Å²) in [6.07, 6.45) is -0.152. The lowest BCUT2D eigenvalue weighted by molar-refractivity contribution is 0.0254. The number of ether oxygens (including phenoxy) is 1. The van der Waals surface area contributed by atoms with Crippen LogP contribution in [0.25, 0.3) is 0 Å². The van der Waals surface area contributed by atoms with E-state index in [-0.39, 0.29) is 12.1 Å². The Bertz CT molecular complexity index is 557. The van der Waals surface area contributed by atoms with Gasteiger partial charge in [0.1, 0.15) is 0 Å². The first-order valence-corrected chi connectivity index (χ1v) is 7.61. The monoisotopic (exact) mass is 353 g/mol. The van der Waals surface area contributed by atoms with Crippen molar-refractivity contribution < 1.29 is 4.74 Å². The molecule has 2 aromatic carbocycles. The van der Waals surface area contributed by atoms with Crippen LogP contribution < -0.4 is 5.73 Å². The molecule has 2 N–H and O–H groups in total. The normalized spacial score (nSPS) is 14.0. The lowest BCUT2D eigenvalue weighted by atomic mass is 10.0. The van der Waals surface area contributed by atoms with Crippen molar-refractivity contribution in [3.8, 4) is 0 Å². The Balaban J connectivity index is 2.11. The fourth-order valence-corrected chi connectivity index (χ4v) is 2.63. The molecule has 0 spiro atoms. The van der Waals surface area contributed by atoms with Gasteiger partial charge in [-0.3, -0.25) is 0 Å². The van der Waals surface area contributed by atoms with Crippen LogP contribution in [-0.4, -0.2) is 6.04 Å². The van der Waals surface area contributed by atoms with Gasteiger partial charge in [-0.2, -0.15) is 0 Å². The molecule has 4 heteroatoms. The predicted molar refractivity (Wildman–Crippen MR) is 86.8 cm³/mol. The number of hydrogen-bond acceptors (Lipinski definition) is 2. The second kappa shape index (κ2) is 7.23. The number of benzene rings is 2. The van der Waals surface area contributed by atoms with Crippen LogP contribution in [0, 0.1) is 0 Å². The van der Waals surface area contributed by atoms with Crippen molar-refractivity contribution in [3.63, 3.8) is 0 Å². The van der Waals surface area contributed by atoms with Crippen LogP contribution >= 0.6 is 27.5 Å². The summed E-state index contributed by atoms with van der Waals surface area (Å²) < 4.78 is 7.01.